The van der Waals surface area contributed by atoms with Gasteiger partial charge < -0.3 is 14.8 Å². The van der Waals surface area contributed by atoms with Crippen LogP contribution in [0.15, 0.2) is 42.5 Å². The summed E-state index contributed by atoms with van der Waals surface area (Å²) >= 11 is 12.0. The van der Waals surface area contributed by atoms with Gasteiger partial charge in [0.1, 0.15) is 11.5 Å². The number of hydrogen-bond acceptors (Lipinski definition) is 3. The second-order valence-corrected chi connectivity index (χ2v) is 5.41. The predicted molar refractivity (Wildman–Crippen MR) is 93.7 cm³/mol. The van der Waals surface area contributed by atoms with Gasteiger partial charge in [-0.2, -0.15) is 0 Å². The van der Waals surface area contributed by atoms with Gasteiger partial charge in [-0.05, 0) is 29.8 Å². The number of rotatable bonds is 5. The number of carbonyl (C=O) groups is 1. The summed E-state index contributed by atoms with van der Waals surface area (Å²) in [6.45, 7) is 0. The van der Waals surface area contributed by atoms with Gasteiger partial charge in [0, 0.05) is 17.2 Å². The van der Waals surface area contributed by atoms with Crippen molar-refractivity contribution < 1.29 is 14.3 Å². The minimum Gasteiger partial charge on any atom is -0.495 e. The largest absolute Gasteiger partial charge is 0.495 e. The van der Waals surface area contributed by atoms with Crippen molar-refractivity contribution >= 4 is 40.9 Å². The van der Waals surface area contributed by atoms with E-state index in [9.17, 15) is 4.79 Å². The Balaban J connectivity index is 2.15. The average molecular weight is 352 g/mol. The van der Waals surface area contributed by atoms with Crippen LogP contribution in [0.5, 0.6) is 11.5 Å². The van der Waals surface area contributed by atoms with Gasteiger partial charge in [0.2, 0.25) is 5.91 Å². The molecule has 0 unspecified atom stereocenters. The normalized spacial score (nSPS) is 10.6. The molecule has 1 N–H and O–H groups in total. The van der Waals surface area contributed by atoms with Crippen molar-refractivity contribution in [1.29, 1.82) is 0 Å². The smallest absolute Gasteiger partial charge is 0.248 e. The molecule has 0 heterocycles. The third-order valence-electron chi connectivity index (χ3n) is 3.01. The van der Waals surface area contributed by atoms with Gasteiger partial charge in [0.05, 0.1) is 24.9 Å². The van der Waals surface area contributed by atoms with Crippen molar-refractivity contribution in [1.82, 2.24) is 0 Å². The summed E-state index contributed by atoms with van der Waals surface area (Å²) in [5.74, 6) is 0.608. The van der Waals surface area contributed by atoms with E-state index in [1.54, 1.807) is 30.3 Å². The van der Waals surface area contributed by atoms with Gasteiger partial charge in [0.15, 0.2) is 0 Å². The molecule has 6 heteroatoms. The number of carbonyl (C=O) groups excluding carboxylic acids is 1. The lowest BCUT2D eigenvalue weighted by molar-refractivity contribution is -0.111. The summed E-state index contributed by atoms with van der Waals surface area (Å²) < 4.78 is 10.3. The maximum atomic E-state index is 12.0. The number of ether oxygens (including phenoxy) is 2. The van der Waals surface area contributed by atoms with Gasteiger partial charge >= 0.3 is 0 Å². The fourth-order valence-electron chi connectivity index (χ4n) is 1.91. The molecular weight excluding hydrogens is 337 g/mol. The molecule has 120 valence electrons. The number of hydrogen-bond donors (Lipinski definition) is 1. The van der Waals surface area contributed by atoms with Crippen LogP contribution in [0.3, 0.4) is 0 Å². The van der Waals surface area contributed by atoms with Gasteiger partial charge in [-0.15, -0.1) is 0 Å². The second-order valence-electron chi connectivity index (χ2n) is 4.56. The molecule has 4 nitrogen and oxygen atoms in total. The number of nitrogens with one attached hydrogen (secondary N) is 1. The highest BCUT2D eigenvalue weighted by Gasteiger charge is 2.11. The maximum absolute atomic E-state index is 12.0. The third-order valence-corrected chi connectivity index (χ3v) is 3.54. The summed E-state index contributed by atoms with van der Waals surface area (Å²) in [4.78, 5) is 12.0. The molecule has 1 amide bonds. The number of halogens is 2. The molecule has 0 aliphatic heterocycles. The van der Waals surface area contributed by atoms with Gasteiger partial charge in [0.25, 0.3) is 0 Å². The predicted octanol–water partition coefficient (Wildman–Crippen LogP) is 4.66. The SMILES string of the molecule is COc1cc(OC)c(NC(=O)C=Cc2cccc(Cl)c2)cc1Cl. The lowest BCUT2D eigenvalue weighted by atomic mass is 10.2. The topological polar surface area (TPSA) is 47.6 Å². The van der Waals surface area contributed by atoms with Crippen molar-refractivity contribution in [2.24, 2.45) is 0 Å². The van der Waals surface area contributed by atoms with E-state index in [1.165, 1.54) is 20.3 Å². The van der Waals surface area contributed by atoms with Crippen LogP contribution in [0, 0.1) is 0 Å². The minimum absolute atomic E-state index is 0.315. The van der Waals surface area contributed by atoms with Crippen LogP contribution in [0.1, 0.15) is 5.56 Å². The minimum atomic E-state index is -0.315. The van der Waals surface area contributed by atoms with E-state index in [0.29, 0.717) is 27.2 Å². The summed E-state index contributed by atoms with van der Waals surface area (Å²) in [7, 11) is 3.01. The van der Waals surface area contributed by atoms with E-state index in [1.807, 2.05) is 12.1 Å². The van der Waals surface area contributed by atoms with E-state index >= 15 is 0 Å². The van der Waals surface area contributed by atoms with Gasteiger partial charge in [-0.1, -0.05) is 35.3 Å². The standard InChI is InChI=1S/C17H15Cl2NO3/c1-22-15-10-16(23-2)14(9-13(15)19)20-17(21)7-6-11-4-3-5-12(18)8-11/h3-10H,1-2H3,(H,20,21). The molecule has 0 radical (unpaired) electrons. The lowest BCUT2D eigenvalue weighted by Gasteiger charge is -2.12. The lowest BCUT2D eigenvalue weighted by Crippen LogP contribution is -2.09. The number of benzene rings is 2. The molecule has 0 aliphatic carbocycles. The van der Waals surface area contributed by atoms with Crippen molar-refractivity contribution in [2.45, 2.75) is 0 Å². The molecule has 0 saturated carbocycles. The second kappa shape index (κ2) is 7.90. The highest BCUT2D eigenvalue weighted by Crippen LogP contribution is 2.35. The Morgan fingerprint density at radius 1 is 1.09 bits per heavy atom. The molecule has 0 bridgehead atoms. The Morgan fingerprint density at radius 3 is 2.48 bits per heavy atom. The Bertz CT molecular complexity index is 745. The fourth-order valence-corrected chi connectivity index (χ4v) is 2.35. The Labute approximate surface area is 144 Å². The van der Waals surface area contributed by atoms with Gasteiger partial charge in [-0.3, -0.25) is 4.79 Å². The quantitative estimate of drug-likeness (QED) is 0.796. The molecule has 0 aliphatic rings. The molecule has 2 aromatic carbocycles. The number of anilines is 1. The number of methoxy groups -OCH3 is 2. The van der Waals surface area contributed by atoms with Crippen LogP contribution in [0.2, 0.25) is 10.0 Å². The van der Waals surface area contributed by atoms with Crippen LogP contribution >= 0.6 is 23.2 Å². The molecule has 0 atom stereocenters. The first-order valence-electron chi connectivity index (χ1n) is 6.69. The molecule has 0 aromatic heterocycles. The monoisotopic (exact) mass is 351 g/mol. The van der Waals surface area contributed by atoms with Gasteiger partial charge in [-0.25, -0.2) is 0 Å². The number of amides is 1. The Morgan fingerprint density at radius 2 is 1.83 bits per heavy atom. The Kier molecular flexibility index (Phi) is 5.90. The first kappa shape index (κ1) is 17.2. The van der Waals surface area contributed by atoms with Crippen molar-refractivity contribution in [2.75, 3.05) is 19.5 Å². The Hall–Kier alpha value is -2.17. The fraction of sp³-hybridized carbons (Fsp3) is 0.118. The molecule has 2 aromatic rings. The summed E-state index contributed by atoms with van der Waals surface area (Å²) in [6, 6.07) is 10.4. The summed E-state index contributed by atoms with van der Waals surface area (Å²) in [5.41, 5.74) is 1.28. The van der Waals surface area contributed by atoms with Crippen LogP contribution in [0.4, 0.5) is 5.69 Å². The zero-order valence-corrected chi connectivity index (χ0v) is 14.1. The highest BCUT2D eigenvalue weighted by atomic mass is 35.5. The molecule has 0 saturated heterocycles. The molecule has 23 heavy (non-hydrogen) atoms. The summed E-state index contributed by atoms with van der Waals surface area (Å²) in [5, 5.41) is 3.70. The molecule has 0 spiro atoms. The van der Waals surface area contributed by atoms with Crippen LogP contribution in [-0.2, 0) is 4.79 Å². The van der Waals surface area contributed by atoms with E-state index in [2.05, 4.69) is 5.32 Å². The van der Waals surface area contributed by atoms with Crippen LogP contribution < -0.4 is 14.8 Å². The van der Waals surface area contributed by atoms with E-state index in [4.69, 9.17) is 32.7 Å². The third kappa shape index (κ3) is 4.65. The maximum Gasteiger partial charge on any atom is 0.248 e. The molecular formula is C17H15Cl2NO3. The van der Waals surface area contributed by atoms with E-state index < -0.39 is 0 Å². The molecule has 2 rings (SSSR count). The van der Waals surface area contributed by atoms with E-state index in [0.717, 1.165) is 5.56 Å². The average Bonchev–Trinajstić information content (AvgIpc) is 2.53. The van der Waals surface area contributed by atoms with Crippen molar-refractivity contribution in [3.05, 3.63) is 58.1 Å². The van der Waals surface area contributed by atoms with Crippen LogP contribution in [0.25, 0.3) is 6.08 Å². The van der Waals surface area contributed by atoms with E-state index in [-0.39, 0.29) is 5.91 Å². The van der Waals surface area contributed by atoms with Crippen molar-refractivity contribution in [3.63, 3.8) is 0 Å². The zero-order chi connectivity index (χ0) is 16.8. The zero-order valence-electron chi connectivity index (χ0n) is 12.6. The first-order chi connectivity index (χ1) is 11.0. The summed E-state index contributed by atoms with van der Waals surface area (Å²) in [6.07, 6.45) is 3.07. The van der Waals surface area contributed by atoms with Crippen molar-refractivity contribution in [3.8, 4) is 11.5 Å². The first-order valence-corrected chi connectivity index (χ1v) is 7.45. The molecule has 0 fully saturated rings. The highest BCUT2D eigenvalue weighted by molar-refractivity contribution is 6.32. The van der Waals surface area contributed by atoms with Crippen LogP contribution in [-0.4, -0.2) is 20.1 Å².